The van der Waals surface area contributed by atoms with Gasteiger partial charge < -0.3 is 29.5 Å². The highest BCUT2D eigenvalue weighted by atomic mass is 32.2. The number of likely N-dealkylation sites (tertiary alicyclic amines) is 2. The number of carbonyl (C=O) groups is 2. The highest BCUT2D eigenvalue weighted by Crippen LogP contribution is 2.25. The fraction of sp³-hybridized carbons (Fsp3) is 0.909. The first kappa shape index (κ1) is 34.3. The molecule has 4 atom stereocenters. The predicted octanol–water partition coefficient (Wildman–Crippen LogP) is 0.666. The van der Waals surface area contributed by atoms with Crippen molar-refractivity contribution < 1.29 is 54.5 Å². The zero-order chi connectivity index (χ0) is 29.7. The topological polar surface area (TPSA) is 186 Å². The Bertz CT molecular complexity index is 1020. The summed E-state index contributed by atoms with van der Waals surface area (Å²) in [7, 11) is -7.38. The summed E-state index contributed by atoms with van der Waals surface area (Å²) in [5.74, 6) is 0. The van der Waals surface area contributed by atoms with Crippen LogP contribution in [0, 0.1) is 0 Å². The number of rotatable bonds is 6. The Morgan fingerprint density at radius 1 is 0.816 bits per heavy atom. The molecule has 16 heteroatoms. The molecular formula is C22H42N2O12S2. The van der Waals surface area contributed by atoms with Crippen molar-refractivity contribution in [2.75, 3.05) is 38.8 Å². The van der Waals surface area contributed by atoms with Crippen LogP contribution < -0.4 is 0 Å². The van der Waals surface area contributed by atoms with E-state index in [1.807, 2.05) is 0 Å². The van der Waals surface area contributed by atoms with Gasteiger partial charge in [0, 0.05) is 0 Å². The van der Waals surface area contributed by atoms with Crippen LogP contribution in [0.15, 0.2) is 0 Å². The van der Waals surface area contributed by atoms with E-state index in [0.717, 1.165) is 12.5 Å². The van der Waals surface area contributed by atoms with Gasteiger partial charge >= 0.3 is 12.2 Å². The number of carbonyl (C=O) groups excluding carboxylic acids is 2. The molecular weight excluding hydrogens is 548 g/mol. The van der Waals surface area contributed by atoms with Crippen molar-refractivity contribution >= 4 is 32.4 Å². The van der Waals surface area contributed by atoms with Crippen LogP contribution in [0.3, 0.4) is 0 Å². The summed E-state index contributed by atoms with van der Waals surface area (Å²) in [4.78, 5) is 26.5. The molecule has 0 aromatic heterocycles. The number of hydrogen-bond donors (Lipinski definition) is 2. The Hall–Kier alpha value is -1.72. The van der Waals surface area contributed by atoms with Gasteiger partial charge in [0.1, 0.15) is 11.2 Å². The van der Waals surface area contributed by atoms with Crippen molar-refractivity contribution in [3.8, 4) is 0 Å². The summed E-state index contributed by atoms with van der Waals surface area (Å²) in [5.41, 5.74) is -1.29. The molecule has 0 spiro atoms. The van der Waals surface area contributed by atoms with Gasteiger partial charge in [-0.05, 0) is 54.4 Å². The van der Waals surface area contributed by atoms with E-state index in [0.29, 0.717) is 6.42 Å². The fourth-order valence-electron chi connectivity index (χ4n) is 3.70. The Kier molecular flexibility index (Phi) is 11.8. The average Bonchev–Trinajstić information content (AvgIpc) is 3.25. The van der Waals surface area contributed by atoms with Gasteiger partial charge in [-0.15, -0.1) is 0 Å². The first-order valence-corrected chi connectivity index (χ1v) is 15.6. The van der Waals surface area contributed by atoms with Crippen LogP contribution in [0.1, 0.15) is 54.4 Å². The molecule has 2 N–H and O–H groups in total. The van der Waals surface area contributed by atoms with Crippen molar-refractivity contribution in [3.63, 3.8) is 0 Å². The maximum Gasteiger partial charge on any atom is 0.410 e. The van der Waals surface area contributed by atoms with Crippen molar-refractivity contribution in [1.82, 2.24) is 9.80 Å². The summed E-state index contributed by atoms with van der Waals surface area (Å²) >= 11 is 0. The molecule has 0 aromatic rings. The average molecular weight is 591 g/mol. The molecule has 2 heterocycles. The van der Waals surface area contributed by atoms with E-state index in [4.69, 9.17) is 22.9 Å². The van der Waals surface area contributed by atoms with Crippen LogP contribution in [-0.4, -0.2) is 123 Å². The Morgan fingerprint density at radius 3 is 1.68 bits per heavy atom. The smallest absolute Gasteiger partial charge is 0.410 e. The third kappa shape index (κ3) is 13.4. The van der Waals surface area contributed by atoms with Gasteiger partial charge in [0.15, 0.2) is 0 Å². The lowest BCUT2D eigenvalue weighted by Gasteiger charge is -2.28. The lowest BCUT2D eigenvalue weighted by atomic mass is 10.2. The van der Waals surface area contributed by atoms with E-state index >= 15 is 0 Å². The highest BCUT2D eigenvalue weighted by molar-refractivity contribution is 7.86. The van der Waals surface area contributed by atoms with Gasteiger partial charge in [0.25, 0.3) is 20.2 Å². The summed E-state index contributed by atoms with van der Waals surface area (Å²) in [6.45, 7) is 10.2. The first-order chi connectivity index (χ1) is 17.0. The minimum atomic E-state index is -3.70. The lowest BCUT2D eigenvalue weighted by Crippen LogP contribution is -2.42. The van der Waals surface area contributed by atoms with Crippen LogP contribution in [0.2, 0.25) is 0 Å². The van der Waals surface area contributed by atoms with Crippen LogP contribution in [0.4, 0.5) is 9.59 Å². The summed E-state index contributed by atoms with van der Waals surface area (Å²) in [6.07, 6.45) is -0.148. The van der Waals surface area contributed by atoms with E-state index in [9.17, 15) is 31.5 Å². The molecule has 14 nitrogen and oxygen atoms in total. The molecule has 2 aliphatic rings. The number of hydrogen-bond acceptors (Lipinski definition) is 12. The van der Waals surface area contributed by atoms with Crippen molar-refractivity contribution in [3.05, 3.63) is 0 Å². The van der Waals surface area contributed by atoms with Crippen LogP contribution >= 0.6 is 0 Å². The first-order valence-electron chi connectivity index (χ1n) is 12.0. The monoisotopic (exact) mass is 590 g/mol. The standard InChI is InChI=1S/C12H23NO8S2.C10H19NO4/c1-12(2,3)20-11(14)13-7-10(21-23(5,17)18)6-9(13)8-19-22(4,15)16;1-10(2,3)15-9(14)11-5-8(13)4-7(11)6-12/h9-10H,6-8H2,1-5H3;7-8,12-13H,4-6H2,1-3H3/t9-,10+;7-,8+/m00/s1. The second-order valence-corrected chi connectivity index (χ2v) is 14.5. The quantitative estimate of drug-likeness (QED) is 0.412. The fourth-order valence-corrected chi connectivity index (χ4v) is 4.74. The van der Waals surface area contributed by atoms with Gasteiger partial charge in [0.2, 0.25) is 0 Å². The van der Waals surface area contributed by atoms with Crippen molar-refractivity contribution in [1.29, 1.82) is 0 Å². The van der Waals surface area contributed by atoms with Gasteiger partial charge in [-0.3, -0.25) is 8.37 Å². The van der Waals surface area contributed by atoms with Crippen molar-refractivity contribution in [2.45, 2.75) is 89.9 Å². The number of nitrogens with zero attached hydrogens (tertiary/aromatic N) is 2. The molecule has 0 bridgehead atoms. The minimum absolute atomic E-state index is 0.0280. The second-order valence-electron chi connectivity index (χ2n) is 11.3. The zero-order valence-corrected chi connectivity index (χ0v) is 24.9. The molecule has 0 unspecified atom stereocenters. The lowest BCUT2D eigenvalue weighted by molar-refractivity contribution is 0.0159. The van der Waals surface area contributed by atoms with Crippen LogP contribution in [0.25, 0.3) is 0 Å². The van der Waals surface area contributed by atoms with Crippen molar-refractivity contribution in [2.24, 2.45) is 0 Å². The molecule has 38 heavy (non-hydrogen) atoms. The van der Waals surface area contributed by atoms with Gasteiger partial charge in [-0.1, -0.05) is 0 Å². The van der Waals surface area contributed by atoms with Crippen LogP contribution in [0.5, 0.6) is 0 Å². The molecule has 0 aliphatic carbocycles. The SMILES string of the molecule is CC(C)(C)OC(=O)N1C[C@H](O)C[C@H]1CO.CC(C)(C)OC(=O)N1C[C@H](OS(C)(=O)=O)C[C@H]1COS(C)(=O)=O. The molecule has 224 valence electrons. The molecule has 0 saturated carbocycles. The van der Waals surface area contributed by atoms with Gasteiger partial charge in [-0.2, -0.15) is 16.8 Å². The largest absolute Gasteiger partial charge is 0.444 e. The Labute approximate surface area is 225 Å². The van der Waals surface area contributed by atoms with E-state index in [1.165, 1.54) is 9.80 Å². The molecule has 2 aliphatic heterocycles. The third-order valence-corrected chi connectivity index (χ3v) is 6.21. The number of aliphatic hydroxyl groups is 2. The van der Waals surface area contributed by atoms with E-state index in [-0.39, 0.29) is 38.8 Å². The Morgan fingerprint density at radius 2 is 1.29 bits per heavy atom. The molecule has 2 fully saturated rings. The van der Waals surface area contributed by atoms with E-state index in [1.54, 1.807) is 41.5 Å². The molecule has 0 aromatic carbocycles. The maximum atomic E-state index is 12.2. The number of aliphatic hydroxyl groups excluding tert-OH is 2. The normalized spacial score (nSPS) is 24.6. The number of ether oxygens (including phenoxy) is 2. The molecule has 2 saturated heterocycles. The predicted molar refractivity (Wildman–Crippen MR) is 136 cm³/mol. The van der Waals surface area contributed by atoms with E-state index in [2.05, 4.69) is 0 Å². The van der Waals surface area contributed by atoms with Crippen LogP contribution in [-0.2, 0) is 38.1 Å². The maximum absolute atomic E-state index is 12.2. The zero-order valence-electron chi connectivity index (χ0n) is 23.2. The van der Waals surface area contributed by atoms with E-state index < -0.39 is 61.9 Å². The Balaban J connectivity index is 0.000000415. The summed E-state index contributed by atoms with van der Waals surface area (Å²) in [5, 5.41) is 18.4. The van der Waals surface area contributed by atoms with Gasteiger partial charge in [-0.25, -0.2) is 9.59 Å². The minimum Gasteiger partial charge on any atom is -0.444 e. The molecule has 0 radical (unpaired) electrons. The molecule has 2 amide bonds. The number of amides is 2. The second kappa shape index (κ2) is 13.1. The summed E-state index contributed by atoms with van der Waals surface area (Å²) in [6, 6.07) is -0.985. The molecule has 2 rings (SSSR count). The third-order valence-electron chi connectivity index (χ3n) is 5.02. The number of β-amino-alcohol motifs (C(OH)–C–C–N with tert-alkyl or cyclic N) is 1. The summed E-state index contributed by atoms with van der Waals surface area (Å²) < 4.78 is 64.7. The highest BCUT2D eigenvalue weighted by Gasteiger charge is 2.40. The van der Waals surface area contributed by atoms with Gasteiger partial charge in [0.05, 0.1) is 63.1 Å².